The molecule has 0 bridgehead atoms. The predicted octanol–water partition coefficient (Wildman–Crippen LogP) is 2.93. The minimum Gasteiger partial charge on any atom is -0.495 e. The Morgan fingerprint density at radius 3 is 2.39 bits per heavy atom. The predicted molar refractivity (Wildman–Crippen MR) is 110 cm³/mol. The summed E-state index contributed by atoms with van der Waals surface area (Å²) < 4.78 is 8.56. The number of rotatable bonds is 6. The molecule has 3 aromatic rings. The Hall–Kier alpha value is -3.48. The van der Waals surface area contributed by atoms with Gasteiger partial charge < -0.3 is 15.4 Å². The highest BCUT2D eigenvalue weighted by molar-refractivity contribution is 5.96. The maximum atomic E-state index is 12.9. The van der Waals surface area contributed by atoms with E-state index in [0.717, 1.165) is 5.69 Å². The molecule has 0 aliphatic heterocycles. The number of amides is 1. The van der Waals surface area contributed by atoms with Crippen LogP contribution in [0.15, 0.2) is 59.4 Å². The molecule has 1 amide bonds. The molecular weight excluding hydrogens is 356 g/mol. The van der Waals surface area contributed by atoms with E-state index in [2.05, 4.69) is 10.6 Å². The maximum Gasteiger partial charge on any atom is 0.295 e. The van der Waals surface area contributed by atoms with Crippen molar-refractivity contribution in [3.05, 3.63) is 70.6 Å². The van der Waals surface area contributed by atoms with E-state index in [0.29, 0.717) is 17.1 Å². The molecule has 0 spiro atoms. The van der Waals surface area contributed by atoms with Gasteiger partial charge in [0.15, 0.2) is 0 Å². The SMILES string of the molecule is COc1ccccc1NC(C)C(=O)Nc1c(C)n(C)n(-c2ccccc2)c1=O. The summed E-state index contributed by atoms with van der Waals surface area (Å²) in [7, 11) is 3.36. The Kier molecular flexibility index (Phi) is 5.54. The van der Waals surface area contributed by atoms with Gasteiger partial charge >= 0.3 is 0 Å². The lowest BCUT2D eigenvalue weighted by Crippen LogP contribution is -2.33. The first-order valence-electron chi connectivity index (χ1n) is 8.98. The summed E-state index contributed by atoms with van der Waals surface area (Å²) in [4.78, 5) is 25.6. The molecular formula is C21H24N4O3. The van der Waals surface area contributed by atoms with E-state index >= 15 is 0 Å². The molecule has 0 fully saturated rings. The highest BCUT2D eigenvalue weighted by atomic mass is 16.5. The van der Waals surface area contributed by atoms with Crippen LogP contribution in [0.25, 0.3) is 5.69 Å². The van der Waals surface area contributed by atoms with Crippen LogP contribution in [0.5, 0.6) is 5.75 Å². The molecule has 0 aliphatic carbocycles. The summed E-state index contributed by atoms with van der Waals surface area (Å²) in [6, 6.07) is 16.1. The number of nitrogens with one attached hydrogen (secondary N) is 2. The Labute approximate surface area is 163 Å². The van der Waals surface area contributed by atoms with Crippen molar-refractivity contribution < 1.29 is 9.53 Å². The van der Waals surface area contributed by atoms with Crippen LogP contribution in [0.4, 0.5) is 11.4 Å². The number of hydrogen-bond donors (Lipinski definition) is 2. The van der Waals surface area contributed by atoms with Gasteiger partial charge in [0.2, 0.25) is 5.91 Å². The molecule has 146 valence electrons. The monoisotopic (exact) mass is 380 g/mol. The van der Waals surface area contributed by atoms with Crippen molar-refractivity contribution in [2.24, 2.45) is 7.05 Å². The molecule has 1 unspecified atom stereocenters. The third-order valence-corrected chi connectivity index (χ3v) is 4.67. The summed E-state index contributed by atoms with van der Waals surface area (Å²) >= 11 is 0. The van der Waals surface area contributed by atoms with Crippen molar-refractivity contribution in [2.45, 2.75) is 19.9 Å². The standard InChI is InChI=1S/C21H24N4O3/c1-14(22-17-12-8-9-13-18(17)28-4)20(26)23-19-15(2)24(3)25(21(19)27)16-10-6-5-7-11-16/h5-14,22H,1-4H3,(H,23,26). The normalized spacial score (nSPS) is 11.7. The van der Waals surface area contributed by atoms with E-state index in [1.165, 1.54) is 4.68 Å². The third-order valence-electron chi connectivity index (χ3n) is 4.67. The molecule has 28 heavy (non-hydrogen) atoms. The number of ether oxygens (including phenoxy) is 1. The van der Waals surface area contributed by atoms with Gasteiger partial charge in [0.05, 0.1) is 24.2 Å². The first-order valence-corrected chi connectivity index (χ1v) is 8.98. The molecule has 0 aliphatic rings. The van der Waals surface area contributed by atoms with Crippen molar-refractivity contribution in [3.63, 3.8) is 0 Å². The second kappa shape index (κ2) is 8.04. The first-order chi connectivity index (χ1) is 13.4. The topological polar surface area (TPSA) is 77.3 Å². The number of para-hydroxylation sites is 3. The lowest BCUT2D eigenvalue weighted by molar-refractivity contribution is -0.116. The van der Waals surface area contributed by atoms with Gasteiger partial charge in [0.25, 0.3) is 5.56 Å². The number of benzene rings is 2. The minimum absolute atomic E-state index is 0.269. The van der Waals surface area contributed by atoms with Gasteiger partial charge in [-0.2, -0.15) is 0 Å². The van der Waals surface area contributed by atoms with E-state index in [-0.39, 0.29) is 17.2 Å². The Bertz CT molecular complexity index is 1040. The average molecular weight is 380 g/mol. The number of hydrogen-bond acceptors (Lipinski definition) is 4. The number of aromatic nitrogens is 2. The van der Waals surface area contributed by atoms with E-state index in [1.807, 2.05) is 54.6 Å². The average Bonchev–Trinajstić information content (AvgIpc) is 2.92. The Balaban J connectivity index is 1.84. The van der Waals surface area contributed by atoms with Crippen LogP contribution < -0.4 is 20.9 Å². The van der Waals surface area contributed by atoms with Crippen molar-refractivity contribution in [1.29, 1.82) is 0 Å². The quantitative estimate of drug-likeness (QED) is 0.689. The lowest BCUT2D eigenvalue weighted by atomic mass is 10.2. The molecule has 1 atom stereocenters. The van der Waals surface area contributed by atoms with Crippen LogP contribution in [-0.4, -0.2) is 28.4 Å². The highest BCUT2D eigenvalue weighted by Gasteiger charge is 2.21. The zero-order valence-electron chi connectivity index (χ0n) is 16.4. The molecule has 7 nitrogen and oxygen atoms in total. The van der Waals surface area contributed by atoms with Crippen LogP contribution in [0.3, 0.4) is 0 Å². The van der Waals surface area contributed by atoms with Gasteiger partial charge in [-0.3, -0.25) is 14.3 Å². The van der Waals surface area contributed by atoms with Gasteiger partial charge in [-0.1, -0.05) is 30.3 Å². The minimum atomic E-state index is -0.569. The summed E-state index contributed by atoms with van der Waals surface area (Å²) in [5, 5.41) is 5.89. The van der Waals surface area contributed by atoms with Gasteiger partial charge in [-0.05, 0) is 38.1 Å². The summed E-state index contributed by atoms with van der Waals surface area (Å²) in [6.45, 7) is 3.53. The summed E-state index contributed by atoms with van der Waals surface area (Å²) in [5.74, 6) is 0.335. The second-order valence-electron chi connectivity index (χ2n) is 6.49. The largest absolute Gasteiger partial charge is 0.495 e. The van der Waals surface area contributed by atoms with Gasteiger partial charge in [0, 0.05) is 7.05 Å². The second-order valence-corrected chi connectivity index (χ2v) is 6.49. The number of methoxy groups -OCH3 is 1. The van der Waals surface area contributed by atoms with Crippen molar-refractivity contribution in [1.82, 2.24) is 9.36 Å². The lowest BCUT2D eigenvalue weighted by Gasteiger charge is -2.16. The van der Waals surface area contributed by atoms with Crippen LogP contribution in [0, 0.1) is 6.92 Å². The fourth-order valence-electron chi connectivity index (χ4n) is 3.01. The zero-order chi connectivity index (χ0) is 20.3. The molecule has 0 radical (unpaired) electrons. The Morgan fingerprint density at radius 1 is 1.07 bits per heavy atom. The number of carbonyl (C=O) groups is 1. The molecule has 7 heteroatoms. The molecule has 2 aromatic carbocycles. The van der Waals surface area contributed by atoms with Crippen LogP contribution in [0.2, 0.25) is 0 Å². The molecule has 0 saturated heterocycles. The first kappa shape index (κ1) is 19.3. The smallest absolute Gasteiger partial charge is 0.295 e. The molecule has 2 N–H and O–H groups in total. The van der Waals surface area contributed by atoms with Crippen molar-refractivity contribution >= 4 is 17.3 Å². The summed E-state index contributed by atoms with van der Waals surface area (Å²) in [6.07, 6.45) is 0. The fourth-order valence-corrected chi connectivity index (χ4v) is 3.01. The third kappa shape index (κ3) is 3.64. The van der Waals surface area contributed by atoms with Crippen molar-refractivity contribution in [2.75, 3.05) is 17.7 Å². The summed E-state index contributed by atoms with van der Waals surface area (Å²) in [5.41, 5.74) is 2.11. The molecule has 3 rings (SSSR count). The zero-order valence-corrected chi connectivity index (χ0v) is 16.4. The molecule has 0 saturated carbocycles. The van der Waals surface area contributed by atoms with Gasteiger partial charge in [-0.25, -0.2) is 4.68 Å². The van der Waals surface area contributed by atoms with Gasteiger partial charge in [0.1, 0.15) is 17.5 Å². The Morgan fingerprint density at radius 2 is 1.71 bits per heavy atom. The van der Waals surface area contributed by atoms with E-state index in [9.17, 15) is 9.59 Å². The molecule has 1 heterocycles. The fraction of sp³-hybridized carbons (Fsp3) is 0.238. The van der Waals surface area contributed by atoms with Crippen LogP contribution in [0.1, 0.15) is 12.6 Å². The number of carbonyl (C=O) groups excluding carboxylic acids is 1. The maximum absolute atomic E-state index is 12.9. The number of anilines is 2. The van der Waals surface area contributed by atoms with E-state index < -0.39 is 6.04 Å². The van der Waals surface area contributed by atoms with Crippen molar-refractivity contribution in [3.8, 4) is 11.4 Å². The van der Waals surface area contributed by atoms with E-state index in [1.54, 1.807) is 32.7 Å². The van der Waals surface area contributed by atoms with E-state index in [4.69, 9.17) is 4.74 Å². The highest BCUT2D eigenvalue weighted by Crippen LogP contribution is 2.24. The molecule has 1 aromatic heterocycles. The van der Waals surface area contributed by atoms with Crippen LogP contribution in [-0.2, 0) is 11.8 Å². The van der Waals surface area contributed by atoms with Crippen LogP contribution >= 0.6 is 0 Å². The van der Waals surface area contributed by atoms with Gasteiger partial charge in [-0.15, -0.1) is 0 Å². The number of nitrogens with zero attached hydrogens (tertiary/aromatic N) is 2.